The molecule has 0 spiro atoms. The molecule has 4 heteroatoms. The standard InChI is InChI=1S/C17H23F3O/c1-13(10-11-17(18,19)20)4-5-14(2)12-15-6-8-16(21-3)9-7-15/h4-5,15-16H,6-9,12H2,1-3H3/b13-4+,14-5+. The zero-order valence-electron chi connectivity index (χ0n) is 12.9. The lowest BCUT2D eigenvalue weighted by Gasteiger charge is -2.27. The van der Waals surface area contributed by atoms with Gasteiger partial charge in [0.1, 0.15) is 0 Å². The van der Waals surface area contributed by atoms with Crippen molar-refractivity contribution >= 4 is 0 Å². The van der Waals surface area contributed by atoms with E-state index in [0.29, 0.717) is 17.6 Å². The molecule has 0 aliphatic heterocycles. The van der Waals surface area contributed by atoms with Gasteiger partial charge in [-0.1, -0.05) is 23.6 Å². The Kier molecular flexibility index (Phi) is 7.04. The molecule has 1 rings (SSSR count). The Bertz CT molecular complexity index is 441. The Hall–Kier alpha value is -1.21. The number of halogens is 3. The molecule has 0 radical (unpaired) electrons. The van der Waals surface area contributed by atoms with Crippen LogP contribution in [-0.4, -0.2) is 19.4 Å². The van der Waals surface area contributed by atoms with Gasteiger partial charge in [0, 0.05) is 13.0 Å². The number of hydrogen-bond donors (Lipinski definition) is 0. The minimum Gasteiger partial charge on any atom is -0.381 e. The van der Waals surface area contributed by atoms with E-state index in [1.54, 1.807) is 20.1 Å². The van der Waals surface area contributed by atoms with Crippen LogP contribution in [0.5, 0.6) is 0 Å². The number of rotatable bonds is 4. The van der Waals surface area contributed by atoms with Crippen molar-refractivity contribution in [2.75, 3.05) is 7.11 Å². The van der Waals surface area contributed by atoms with Crippen LogP contribution in [0.15, 0.2) is 23.3 Å². The Morgan fingerprint density at radius 1 is 1.14 bits per heavy atom. The van der Waals surface area contributed by atoms with Gasteiger partial charge in [0.2, 0.25) is 0 Å². The maximum atomic E-state index is 12.0. The summed E-state index contributed by atoms with van der Waals surface area (Å²) in [5.74, 6) is 4.05. The van der Waals surface area contributed by atoms with Crippen molar-refractivity contribution in [3.8, 4) is 11.8 Å². The van der Waals surface area contributed by atoms with Crippen LogP contribution in [0.25, 0.3) is 0 Å². The average molecular weight is 300 g/mol. The van der Waals surface area contributed by atoms with Crippen molar-refractivity contribution in [3.63, 3.8) is 0 Å². The van der Waals surface area contributed by atoms with Gasteiger partial charge in [-0.3, -0.25) is 0 Å². The van der Waals surface area contributed by atoms with Crippen LogP contribution in [0.2, 0.25) is 0 Å². The summed E-state index contributed by atoms with van der Waals surface area (Å²) in [6.45, 7) is 3.61. The molecule has 1 nitrogen and oxygen atoms in total. The molecule has 1 aliphatic rings. The fourth-order valence-corrected chi connectivity index (χ4v) is 2.57. The molecule has 0 aromatic heterocycles. The van der Waals surface area contributed by atoms with E-state index in [9.17, 15) is 13.2 Å². The van der Waals surface area contributed by atoms with Gasteiger partial charge in [-0.2, -0.15) is 13.2 Å². The minimum atomic E-state index is -4.42. The predicted molar refractivity (Wildman–Crippen MR) is 78.7 cm³/mol. The van der Waals surface area contributed by atoms with Crippen molar-refractivity contribution in [2.45, 2.75) is 58.2 Å². The molecule has 0 aromatic rings. The second-order valence-electron chi connectivity index (χ2n) is 5.69. The maximum Gasteiger partial charge on any atom is 0.458 e. The van der Waals surface area contributed by atoms with Crippen LogP contribution >= 0.6 is 0 Å². The van der Waals surface area contributed by atoms with Gasteiger partial charge in [0.25, 0.3) is 0 Å². The normalized spacial score (nSPS) is 24.5. The smallest absolute Gasteiger partial charge is 0.381 e. The van der Waals surface area contributed by atoms with E-state index >= 15 is 0 Å². The molecule has 0 bridgehead atoms. The summed E-state index contributed by atoms with van der Waals surface area (Å²) < 4.78 is 41.2. The monoisotopic (exact) mass is 300 g/mol. The van der Waals surface area contributed by atoms with Gasteiger partial charge in [-0.15, -0.1) is 0 Å². The summed E-state index contributed by atoms with van der Waals surface area (Å²) >= 11 is 0. The van der Waals surface area contributed by atoms with Crippen LogP contribution in [0.1, 0.15) is 46.0 Å². The summed E-state index contributed by atoms with van der Waals surface area (Å²) in [4.78, 5) is 0. The van der Waals surface area contributed by atoms with E-state index in [4.69, 9.17) is 4.74 Å². The third kappa shape index (κ3) is 7.96. The number of hydrogen-bond acceptors (Lipinski definition) is 1. The predicted octanol–water partition coefficient (Wildman–Crippen LogP) is 5.04. The quantitative estimate of drug-likeness (QED) is 0.522. The molecule has 1 fully saturated rings. The molecule has 118 valence electrons. The summed E-state index contributed by atoms with van der Waals surface area (Å²) in [5, 5.41) is 0. The van der Waals surface area contributed by atoms with E-state index < -0.39 is 6.18 Å². The molecule has 0 atom stereocenters. The first-order chi connectivity index (χ1) is 9.80. The van der Waals surface area contributed by atoms with E-state index in [2.05, 4.69) is 5.92 Å². The number of alkyl halides is 3. The third-order valence-electron chi connectivity index (χ3n) is 3.76. The first-order valence-corrected chi connectivity index (χ1v) is 7.27. The van der Waals surface area contributed by atoms with Crippen LogP contribution in [-0.2, 0) is 4.74 Å². The SMILES string of the molecule is COC1CCC(C/C(C)=C/C=C(\C)C#CC(F)(F)F)CC1. The molecular formula is C17H23F3O. The molecule has 1 aliphatic carbocycles. The van der Waals surface area contributed by atoms with Gasteiger partial charge < -0.3 is 4.74 Å². The minimum absolute atomic E-state index is 0.394. The van der Waals surface area contributed by atoms with Crippen molar-refractivity contribution < 1.29 is 17.9 Å². The van der Waals surface area contributed by atoms with Crippen molar-refractivity contribution in [1.29, 1.82) is 0 Å². The third-order valence-corrected chi connectivity index (χ3v) is 3.76. The number of ether oxygens (including phenoxy) is 1. The van der Waals surface area contributed by atoms with Gasteiger partial charge >= 0.3 is 6.18 Å². The van der Waals surface area contributed by atoms with Crippen LogP contribution < -0.4 is 0 Å². The average Bonchev–Trinajstić information content (AvgIpc) is 2.43. The summed E-state index contributed by atoms with van der Waals surface area (Å²) in [7, 11) is 1.76. The van der Waals surface area contributed by atoms with E-state index in [-0.39, 0.29) is 0 Å². The molecule has 1 saturated carbocycles. The lowest BCUT2D eigenvalue weighted by molar-refractivity contribution is -0.0696. The van der Waals surface area contributed by atoms with Crippen molar-refractivity contribution in [1.82, 2.24) is 0 Å². The summed E-state index contributed by atoms with van der Waals surface area (Å²) in [5.41, 5.74) is 1.61. The molecule has 0 aromatic carbocycles. The number of methoxy groups -OCH3 is 1. The summed E-state index contributed by atoms with van der Waals surface area (Å²) in [6, 6.07) is 0. The highest BCUT2D eigenvalue weighted by molar-refractivity contribution is 5.32. The highest BCUT2D eigenvalue weighted by Crippen LogP contribution is 2.30. The van der Waals surface area contributed by atoms with Crippen molar-refractivity contribution in [2.24, 2.45) is 5.92 Å². The van der Waals surface area contributed by atoms with E-state index in [1.807, 2.05) is 13.0 Å². The molecule has 0 unspecified atom stereocenters. The summed E-state index contributed by atoms with van der Waals surface area (Å²) in [6.07, 6.45) is 5.00. The maximum absolute atomic E-state index is 12.0. The molecule has 0 N–H and O–H groups in total. The lowest BCUT2D eigenvalue weighted by atomic mass is 9.83. The van der Waals surface area contributed by atoms with E-state index in [1.165, 1.54) is 11.5 Å². The Balaban J connectivity index is 2.47. The fourth-order valence-electron chi connectivity index (χ4n) is 2.57. The molecule has 0 saturated heterocycles. The molecule has 21 heavy (non-hydrogen) atoms. The highest BCUT2D eigenvalue weighted by Gasteiger charge is 2.23. The Morgan fingerprint density at radius 2 is 1.76 bits per heavy atom. The largest absolute Gasteiger partial charge is 0.458 e. The second kappa shape index (κ2) is 8.29. The fraction of sp³-hybridized carbons (Fsp3) is 0.647. The molecular weight excluding hydrogens is 277 g/mol. The Morgan fingerprint density at radius 3 is 2.29 bits per heavy atom. The van der Waals surface area contributed by atoms with Crippen LogP contribution in [0.4, 0.5) is 13.2 Å². The van der Waals surface area contributed by atoms with Gasteiger partial charge in [-0.25, -0.2) is 0 Å². The van der Waals surface area contributed by atoms with Gasteiger partial charge in [0.05, 0.1) is 6.10 Å². The lowest BCUT2D eigenvalue weighted by Crippen LogP contribution is -2.20. The highest BCUT2D eigenvalue weighted by atomic mass is 19.4. The second-order valence-corrected chi connectivity index (χ2v) is 5.69. The first-order valence-electron chi connectivity index (χ1n) is 7.27. The van der Waals surface area contributed by atoms with E-state index in [0.717, 1.165) is 32.1 Å². The van der Waals surface area contributed by atoms with Crippen LogP contribution in [0.3, 0.4) is 0 Å². The first kappa shape index (κ1) is 17.8. The molecule has 0 amide bonds. The van der Waals surface area contributed by atoms with Gasteiger partial charge in [0.15, 0.2) is 0 Å². The Labute approximate surface area is 125 Å². The zero-order chi connectivity index (χ0) is 15.9. The van der Waals surface area contributed by atoms with Crippen molar-refractivity contribution in [3.05, 3.63) is 23.3 Å². The topological polar surface area (TPSA) is 9.23 Å². The zero-order valence-corrected chi connectivity index (χ0v) is 12.9. The molecule has 0 heterocycles. The van der Waals surface area contributed by atoms with Crippen LogP contribution in [0, 0.1) is 17.8 Å². The van der Waals surface area contributed by atoms with Gasteiger partial charge in [-0.05, 0) is 57.4 Å². The number of allylic oxidation sites excluding steroid dienone is 4.